The molecule has 3 aromatic rings. The molecule has 2 fully saturated rings. The summed E-state index contributed by atoms with van der Waals surface area (Å²) in [5.74, 6) is 0. The molecule has 0 radical (unpaired) electrons. The van der Waals surface area contributed by atoms with Crippen molar-refractivity contribution in [1.29, 1.82) is 0 Å². The predicted molar refractivity (Wildman–Crippen MR) is 146 cm³/mol. The summed E-state index contributed by atoms with van der Waals surface area (Å²) in [4.78, 5) is 22.8. The first-order valence-electron chi connectivity index (χ1n) is 12.2. The molecule has 1 saturated carbocycles. The van der Waals surface area contributed by atoms with Crippen LogP contribution in [0, 0.1) is 0 Å². The Morgan fingerprint density at radius 2 is 1.83 bits per heavy atom. The summed E-state index contributed by atoms with van der Waals surface area (Å²) in [6, 6.07) is 17.1. The van der Waals surface area contributed by atoms with Crippen LogP contribution in [0.2, 0.25) is 0 Å². The van der Waals surface area contributed by atoms with Gasteiger partial charge in [-0.25, -0.2) is 0 Å². The molecule has 0 bridgehead atoms. The fraction of sp³-hybridized carbons (Fsp3) is 0.370. The van der Waals surface area contributed by atoms with Crippen LogP contribution >= 0.6 is 35.1 Å². The summed E-state index contributed by atoms with van der Waals surface area (Å²) in [6.45, 7) is 2.98. The van der Waals surface area contributed by atoms with Gasteiger partial charge in [0.15, 0.2) is 0 Å². The summed E-state index contributed by atoms with van der Waals surface area (Å²) >= 11 is 10.2. The molecule has 2 aliphatic heterocycles. The number of benzene rings is 2. The lowest BCUT2D eigenvalue weighted by Crippen LogP contribution is -2.36. The zero-order valence-corrected chi connectivity index (χ0v) is 21.8. The normalized spacial score (nSPS) is 21.8. The van der Waals surface area contributed by atoms with Gasteiger partial charge >= 0.3 is 0 Å². The topological polar surface area (TPSA) is 57.4 Å². The summed E-state index contributed by atoms with van der Waals surface area (Å²) in [6.07, 6.45) is 4.67. The lowest BCUT2D eigenvalue weighted by molar-refractivity contribution is 0.122. The number of morpholine rings is 1. The highest BCUT2D eigenvalue weighted by molar-refractivity contribution is 8.05. The van der Waals surface area contributed by atoms with Crippen LogP contribution in [-0.4, -0.2) is 42.7 Å². The fourth-order valence-electron chi connectivity index (χ4n) is 5.04. The van der Waals surface area contributed by atoms with Crippen LogP contribution in [0.15, 0.2) is 72.9 Å². The Morgan fingerprint density at radius 1 is 0.971 bits per heavy atom. The van der Waals surface area contributed by atoms with Crippen molar-refractivity contribution in [3.05, 3.63) is 58.9 Å². The maximum absolute atomic E-state index is 12.6. The third kappa shape index (κ3) is 4.96. The Bertz CT molecular complexity index is 1290. The largest absolute Gasteiger partial charge is 0.381 e. The molecule has 1 saturated heterocycles. The SMILES string of the molecule is O=c1cc(N2CCOCC2)cc(-c2cccc3c2Sc2ccc(NC4CCCCC4Cl)cc2S3)[nH]1. The average molecular weight is 526 g/mol. The highest BCUT2D eigenvalue weighted by Crippen LogP contribution is 2.52. The highest BCUT2D eigenvalue weighted by atomic mass is 35.5. The minimum atomic E-state index is -0.0773. The molecule has 35 heavy (non-hydrogen) atoms. The number of alkyl halides is 1. The van der Waals surface area contributed by atoms with E-state index >= 15 is 0 Å². The van der Waals surface area contributed by atoms with Crippen LogP contribution in [0.25, 0.3) is 11.3 Å². The molecule has 182 valence electrons. The van der Waals surface area contributed by atoms with Crippen LogP contribution < -0.4 is 15.8 Å². The molecule has 1 aromatic heterocycles. The summed E-state index contributed by atoms with van der Waals surface area (Å²) in [5.41, 5.74) is 3.93. The van der Waals surface area contributed by atoms with E-state index in [0.29, 0.717) is 19.3 Å². The molecule has 3 heterocycles. The Morgan fingerprint density at radius 3 is 2.69 bits per heavy atom. The smallest absolute Gasteiger partial charge is 0.250 e. The molecular weight excluding hydrogens is 498 g/mol. The van der Waals surface area contributed by atoms with Crippen LogP contribution in [-0.2, 0) is 4.74 Å². The van der Waals surface area contributed by atoms with Gasteiger partial charge in [-0.2, -0.15) is 0 Å². The molecule has 2 unspecified atom stereocenters. The van der Waals surface area contributed by atoms with E-state index in [1.165, 1.54) is 32.4 Å². The van der Waals surface area contributed by atoms with E-state index in [-0.39, 0.29) is 10.9 Å². The molecule has 5 nitrogen and oxygen atoms in total. The van der Waals surface area contributed by atoms with E-state index in [4.69, 9.17) is 16.3 Å². The van der Waals surface area contributed by atoms with Gasteiger partial charge in [-0.1, -0.05) is 48.5 Å². The Hall–Kier alpha value is -2.06. The number of hydrogen-bond donors (Lipinski definition) is 2. The Labute approximate surface area is 219 Å². The number of H-pyrrole nitrogens is 1. The van der Waals surface area contributed by atoms with Gasteiger partial charge in [0.2, 0.25) is 5.56 Å². The number of rotatable bonds is 4. The van der Waals surface area contributed by atoms with Gasteiger partial charge in [0, 0.05) is 61.7 Å². The van der Waals surface area contributed by atoms with Crippen LogP contribution in [0.5, 0.6) is 0 Å². The predicted octanol–water partition coefficient (Wildman–Crippen LogP) is 6.46. The molecule has 1 aliphatic carbocycles. The molecule has 3 aliphatic rings. The van der Waals surface area contributed by atoms with E-state index in [9.17, 15) is 4.79 Å². The van der Waals surface area contributed by atoms with Crippen molar-refractivity contribution in [1.82, 2.24) is 4.98 Å². The number of ether oxygens (including phenoxy) is 1. The molecule has 6 rings (SSSR count). The number of fused-ring (bicyclic) bond motifs is 2. The maximum atomic E-state index is 12.6. The third-order valence-electron chi connectivity index (χ3n) is 6.88. The summed E-state index contributed by atoms with van der Waals surface area (Å²) in [5, 5.41) is 3.87. The number of aromatic nitrogens is 1. The first kappa shape index (κ1) is 23.3. The van der Waals surface area contributed by atoms with Crippen LogP contribution in [0.4, 0.5) is 11.4 Å². The maximum Gasteiger partial charge on any atom is 0.250 e. The van der Waals surface area contributed by atoms with Crippen molar-refractivity contribution in [2.45, 2.75) is 56.7 Å². The van der Waals surface area contributed by atoms with Gasteiger partial charge in [-0.3, -0.25) is 4.79 Å². The fourth-order valence-corrected chi connectivity index (χ4v) is 7.80. The van der Waals surface area contributed by atoms with Crippen LogP contribution in [0.3, 0.4) is 0 Å². The number of halogens is 1. The minimum absolute atomic E-state index is 0.0773. The van der Waals surface area contributed by atoms with Crippen molar-refractivity contribution in [2.75, 3.05) is 36.5 Å². The van der Waals surface area contributed by atoms with Gasteiger partial charge in [0.1, 0.15) is 0 Å². The van der Waals surface area contributed by atoms with Gasteiger partial charge in [0.25, 0.3) is 0 Å². The number of anilines is 2. The Kier molecular flexibility index (Phi) is 6.76. The number of nitrogens with zero attached hydrogens (tertiary/aromatic N) is 1. The second-order valence-electron chi connectivity index (χ2n) is 9.27. The number of nitrogens with one attached hydrogen (secondary N) is 2. The van der Waals surface area contributed by atoms with E-state index in [0.717, 1.165) is 48.6 Å². The molecule has 2 aromatic carbocycles. The third-order valence-corrected chi connectivity index (χ3v) is 10.0. The standard InChI is InChI=1S/C27H28ClN3O2S2/c28-20-5-1-2-6-21(20)29-17-8-9-23-25(14-17)34-24-7-3-4-19(27(24)35-23)22-15-18(16-26(32)30-22)31-10-12-33-13-11-31/h3-4,7-9,14-16,20-21,29H,1-2,5-6,10-13H2,(H,30,32). The van der Waals surface area contributed by atoms with Crippen molar-refractivity contribution >= 4 is 46.5 Å². The van der Waals surface area contributed by atoms with Gasteiger partial charge in [0.05, 0.1) is 24.3 Å². The van der Waals surface area contributed by atoms with Crippen molar-refractivity contribution in [2.24, 2.45) is 0 Å². The molecule has 0 spiro atoms. The number of aromatic amines is 1. The lowest BCUT2D eigenvalue weighted by atomic mass is 9.95. The number of hydrogen-bond acceptors (Lipinski definition) is 6. The van der Waals surface area contributed by atoms with E-state index in [2.05, 4.69) is 57.7 Å². The highest BCUT2D eigenvalue weighted by Gasteiger charge is 2.25. The van der Waals surface area contributed by atoms with Gasteiger partial charge < -0.3 is 19.9 Å². The second kappa shape index (κ2) is 10.1. The monoisotopic (exact) mass is 525 g/mol. The van der Waals surface area contributed by atoms with Gasteiger partial charge in [-0.05, 0) is 43.2 Å². The van der Waals surface area contributed by atoms with Gasteiger partial charge in [-0.15, -0.1) is 11.6 Å². The molecular formula is C27H28ClN3O2S2. The lowest BCUT2D eigenvalue weighted by Gasteiger charge is -2.29. The van der Waals surface area contributed by atoms with E-state index in [1.54, 1.807) is 29.6 Å². The quantitative estimate of drug-likeness (QED) is 0.298. The first-order valence-corrected chi connectivity index (χ1v) is 14.3. The summed E-state index contributed by atoms with van der Waals surface area (Å²) in [7, 11) is 0. The minimum Gasteiger partial charge on any atom is -0.381 e. The van der Waals surface area contributed by atoms with Crippen molar-refractivity contribution in [3.63, 3.8) is 0 Å². The number of pyridine rings is 1. The van der Waals surface area contributed by atoms with E-state index < -0.39 is 0 Å². The molecule has 0 amide bonds. The van der Waals surface area contributed by atoms with Crippen molar-refractivity contribution < 1.29 is 4.74 Å². The summed E-state index contributed by atoms with van der Waals surface area (Å²) < 4.78 is 5.49. The van der Waals surface area contributed by atoms with Crippen molar-refractivity contribution in [3.8, 4) is 11.3 Å². The average Bonchev–Trinajstić information content (AvgIpc) is 2.88. The Balaban J connectivity index is 1.28. The van der Waals surface area contributed by atoms with Crippen LogP contribution in [0.1, 0.15) is 25.7 Å². The molecule has 2 N–H and O–H groups in total. The second-order valence-corrected chi connectivity index (χ2v) is 12.0. The van der Waals surface area contributed by atoms with E-state index in [1.807, 2.05) is 0 Å². The molecule has 8 heteroatoms. The zero-order valence-electron chi connectivity index (χ0n) is 19.4. The molecule has 2 atom stereocenters. The first-order chi connectivity index (χ1) is 17.1. The zero-order chi connectivity index (χ0) is 23.8.